The van der Waals surface area contributed by atoms with E-state index in [1.807, 2.05) is 0 Å². The number of hydrogen-bond donors (Lipinski definition) is 3. The summed E-state index contributed by atoms with van der Waals surface area (Å²) in [7, 11) is 0. The summed E-state index contributed by atoms with van der Waals surface area (Å²) in [5.74, 6) is 1.06. The molecule has 1 aliphatic carbocycles. The average Bonchev–Trinajstić information content (AvgIpc) is 2.30. The van der Waals surface area contributed by atoms with Crippen molar-refractivity contribution in [2.75, 3.05) is 17.6 Å². The first-order valence-corrected chi connectivity index (χ1v) is 6.48. The fraction of sp³-hybridized carbons (Fsp3) is 0.727. The van der Waals surface area contributed by atoms with Crippen LogP contribution in [0.5, 0.6) is 0 Å². The van der Waals surface area contributed by atoms with Crippen molar-refractivity contribution in [1.29, 1.82) is 0 Å². The monoisotopic (exact) mass is 271 g/mol. The van der Waals surface area contributed by atoms with E-state index in [0.29, 0.717) is 18.4 Å². The lowest BCUT2D eigenvalue weighted by Gasteiger charge is -2.34. The molecule has 1 fully saturated rings. The van der Waals surface area contributed by atoms with Gasteiger partial charge < -0.3 is 16.2 Å². The van der Waals surface area contributed by atoms with Gasteiger partial charge in [-0.2, -0.15) is 15.0 Å². The molecule has 4 N–H and O–H groups in total. The Kier molecular flexibility index (Phi) is 3.87. The molecule has 0 radical (unpaired) electrons. The number of nitrogen functional groups attached to an aromatic ring is 1. The van der Waals surface area contributed by atoms with Gasteiger partial charge in [0.2, 0.25) is 17.2 Å². The molecule has 0 aromatic carbocycles. The molecule has 0 atom stereocenters. The molecule has 0 saturated heterocycles. The lowest BCUT2D eigenvalue weighted by Crippen LogP contribution is -2.40. The van der Waals surface area contributed by atoms with E-state index in [4.69, 9.17) is 17.3 Å². The van der Waals surface area contributed by atoms with Crippen LogP contribution in [0.4, 0.5) is 11.9 Å². The summed E-state index contributed by atoms with van der Waals surface area (Å²) >= 11 is 5.68. The van der Waals surface area contributed by atoms with Gasteiger partial charge in [-0.25, -0.2) is 0 Å². The minimum Gasteiger partial charge on any atom is -0.388 e. The van der Waals surface area contributed by atoms with Crippen LogP contribution >= 0.6 is 11.6 Å². The largest absolute Gasteiger partial charge is 0.388 e. The van der Waals surface area contributed by atoms with Gasteiger partial charge in [0.25, 0.3) is 0 Å². The number of nitrogens with two attached hydrogens (primary N) is 1. The molecule has 7 heteroatoms. The molecular formula is C11H18ClN5O. The molecule has 0 unspecified atom stereocenters. The molecule has 1 aliphatic rings. The van der Waals surface area contributed by atoms with Gasteiger partial charge in [0.1, 0.15) is 0 Å². The Morgan fingerprint density at radius 2 is 2.06 bits per heavy atom. The fourth-order valence-corrected chi connectivity index (χ4v) is 2.33. The summed E-state index contributed by atoms with van der Waals surface area (Å²) in [5, 5.41) is 13.4. The molecule has 0 bridgehead atoms. The van der Waals surface area contributed by atoms with Crippen LogP contribution in [-0.2, 0) is 0 Å². The van der Waals surface area contributed by atoms with E-state index >= 15 is 0 Å². The van der Waals surface area contributed by atoms with Crippen molar-refractivity contribution >= 4 is 23.5 Å². The Hall–Kier alpha value is -1.14. The lowest BCUT2D eigenvalue weighted by atomic mass is 9.79. The van der Waals surface area contributed by atoms with Crippen LogP contribution in [0.2, 0.25) is 5.28 Å². The number of aliphatic hydroxyl groups is 1. The molecule has 18 heavy (non-hydrogen) atoms. The van der Waals surface area contributed by atoms with Crippen LogP contribution in [0, 0.1) is 5.92 Å². The Morgan fingerprint density at radius 3 is 2.67 bits per heavy atom. The van der Waals surface area contributed by atoms with E-state index in [9.17, 15) is 5.11 Å². The van der Waals surface area contributed by atoms with Gasteiger partial charge in [0.05, 0.1) is 5.60 Å². The zero-order chi connectivity index (χ0) is 13.2. The third kappa shape index (κ3) is 3.43. The molecule has 1 aromatic rings. The summed E-state index contributed by atoms with van der Waals surface area (Å²) < 4.78 is 0. The Labute approximate surface area is 111 Å². The molecule has 0 amide bonds. The molecule has 0 aliphatic heterocycles. The van der Waals surface area contributed by atoms with E-state index in [0.717, 1.165) is 25.7 Å². The second-order valence-corrected chi connectivity index (χ2v) is 5.38. The van der Waals surface area contributed by atoms with Gasteiger partial charge in [0.15, 0.2) is 0 Å². The van der Waals surface area contributed by atoms with E-state index in [2.05, 4.69) is 27.2 Å². The normalized spacial score (nSPS) is 28.1. The highest BCUT2D eigenvalue weighted by atomic mass is 35.5. The summed E-state index contributed by atoms with van der Waals surface area (Å²) in [6, 6.07) is 0. The Bertz CT molecular complexity index is 400. The molecule has 100 valence electrons. The van der Waals surface area contributed by atoms with Crippen molar-refractivity contribution in [2.45, 2.75) is 38.2 Å². The van der Waals surface area contributed by atoms with Gasteiger partial charge in [-0.1, -0.05) is 6.92 Å². The van der Waals surface area contributed by atoms with Gasteiger partial charge in [-0.15, -0.1) is 0 Å². The summed E-state index contributed by atoms with van der Waals surface area (Å²) in [6.45, 7) is 2.61. The quantitative estimate of drug-likeness (QED) is 0.770. The average molecular weight is 272 g/mol. The van der Waals surface area contributed by atoms with E-state index < -0.39 is 5.60 Å². The van der Waals surface area contributed by atoms with Crippen LogP contribution in [0.3, 0.4) is 0 Å². The first kappa shape index (κ1) is 13.3. The SMILES string of the molecule is CC1CCC(O)(CNc2nc(N)nc(Cl)n2)CC1. The third-order valence-electron chi connectivity index (χ3n) is 3.41. The van der Waals surface area contributed by atoms with Gasteiger partial charge in [0, 0.05) is 6.54 Å². The highest BCUT2D eigenvalue weighted by Crippen LogP contribution is 2.31. The lowest BCUT2D eigenvalue weighted by molar-refractivity contribution is 0.00487. The Morgan fingerprint density at radius 1 is 1.39 bits per heavy atom. The zero-order valence-corrected chi connectivity index (χ0v) is 11.1. The fourth-order valence-electron chi connectivity index (χ4n) is 2.16. The molecule has 1 heterocycles. The number of anilines is 2. The highest BCUT2D eigenvalue weighted by molar-refractivity contribution is 6.28. The summed E-state index contributed by atoms with van der Waals surface area (Å²) in [4.78, 5) is 11.5. The number of aromatic nitrogens is 3. The second kappa shape index (κ2) is 5.24. The smallest absolute Gasteiger partial charge is 0.228 e. The highest BCUT2D eigenvalue weighted by Gasteiger charge is 2.31. The van der Waals surface area contributed by atoms with Crippen molar-refractivity contribution in [3.63, 3.8) is 0 Å². The van der Waals surface area contributed by atoms with Crippen molar-refractivity contribution in [2.24, 2.45) is 5.92 Å². The maximum atomic E-state index is 10.4. The molecular weight excluding hydrogens is 254 g/mol. The zero-order valence-electron chi connectivity index (χ0n) is 10.4. The van der Waals surface area contributed by atoms with Crippen molar-refractivity contribution in [1.82, 2.24) is 15.0 Å². The van der Waals surface area contributed by atoms with Crippen LogP contribution in [0.1, 0.15) is 32.6 Å². The minimum atomic E-state index is -0.694. The minimum absolute atomic E-state index is 0.0502. The Balaban J connectivity index is 1.94. The maximum absolute atomic E-state index is 10.4. The number of nitrogens with one attached hydrogen (secondary N) is 1. The third-order valence-corrected chi connectivity index (χ3v) is 3.57. The predicted octanol–water partition coefficient (Wildman–Crippen LogP) is 1.46. The van der Waals surface area contributed by atoms with E-state index in [1.54, 1.807) is 0 Å². The summed E-state index contributed by atoms with van der Waals surface area (Å²) in [6.07, 6.45) is 3.65. The number of rotatable bonds is 3. The van der Waals surface area contributed by atoms with Crippen LogP contribution < -0.4 is 11.1 Å². The standard InChI is InChI=1S/C11H18ClN5O/c1-7-2-4-11(18,5-3-7)6-14-10-16-8(12)15-9(13)17-10/h7,18H,2-6H2,1H3,(H3,13,14,15,16,17). The number of hydrogen-bond acceptors (Lipinski definition) is 6. The summed E-state index contributed by atoms with van der Waals surface area (Å²) in [5.41, 5.74) is 4.78. The topological polar surface area (TPSA) is 97.0 Å². The van der Waals surface area contributed by atoms with Gasteiger partial charge in [-0.05, 0) is 43.2 Å². The predicted molar refractivity (Wildman–Crippen MR) is 70.3 cm³/mol. The van der Waals surface area contributed by atoms with Gasteiger partial charge >= 0.3 is 0 Å². The molecule has 1 aromatic heterocycles. The van der Waals surface area contributed by atoms with Crippen LogP contribution in [0.25, 0.3) is 0 Å². The molecule has 0 spiro atoms. The molecule has 2 rings (SSSR count). The number of halogens is 1. The van der Waals surface area contributed by atoms with E-state index in [-0.39, 0.29) is 11.2 Å². The molecule has 1 saturated carbocycles. The van der Waals surface area contributed by atoms with Crippen molar-refractivity contribution in [3.8, 4) is 0 Å². The molecule has 6 nitrogen and oxygen atoms in total. The van der Waals surface area contributed by atoms with E-state index in [1.165, 1.54) is 0 Å². The van der Waals surface area contributed by atoms with Crippen molar-refractivity contribution in [3.05, 3.63) is 5.28 Å². The first-order valence-electron chi connectivity index (χ1n) is 6.10. The van der Waals surface area contributed by atoms with Crippen LogP contribution in [0.15, 0.2) is 0 Å². The van der Waals surface area contributed by atoms with Crippen LogP contribution in [-0.4, -0.2) is 32.2 Å². The maximum Gasteiger partial charge on any atom is 0.228 e. The second-order valence-electron chi connectivity index (χ2n) is 5.05. The number of nitrogens with zero attached hydrogens (tertiary/aromatic N) is 3. The van der Waals surface area contributed by atoms with Crippen molar-refractivity contribution < 1.29 is 5.11 Å². The van der Waals surface area contributed by atoms with Gasteiger partial charge in [-0.3, -0.25) is 0 Å². The first-order chi connectivity index (χ1) is 8.47.